The molecule has 0 aliphatic carbocycles. The third kappa shape index (κ3) is 4.50. The Hall–Kier alpha value is -1.56. The number of sulfonamides is 1. The quantitative estimate of drug-likeness (QED) is 0.767. The zero-order valence-corrected chi connectivity index (χ0v) is 15.0. The highest BCUT2D eigenvalue weighted by Crippen LogP contribution is 2.27. The van der Waals surface area contributed by atoms with Gasteiger partial charge in [0, 0.05) is 30.3 Å². The van der Waals surface area contributed by atoms with Gasteiger partial charge in [0.2, 0.25) is 10.0 Å². The first kappa shape index (κ1) is 17.3. The summed E-state index contributed by atoms with van der Waals surface area (Å²) in [6.45, 7) is 2.33. The molecule has 0 amide bonds. The second-order valence-electron chi connectivity index (χ2n) is 6.00. The smallest absolute Gasteiger partial charge is 0.215 e. The molecule has 0 aromatic heterocycles. The van der Waals surface area contributed by atoms with E-state index in [1.54, 1.807) is 24.3 Å². The van der Waals surface area contributed by atoms with E-state index in [4.69, 9.17) is 11.6 Å². The first-order valence-corrected chi connectivity index (χ1v) is 10.1. The molecule has 0 saturated carbocycles. The molecule has 1 aliphatic heterocycles. The van der Waals surface area contributed by atoms with Crippen molar-refractivity contribution in [3.8, 4) is 0 Å². The lowest BCUT2D eigenvalue weighted by atomic mass is 10.2. The molecule has 4 nitrogen and oxygen atoms in total. The molecular formula is C18H21ClN2O2S. The maximum atomic E-state index is 12.1. The zero-order chi connectivity index (χ0) is 17.0. The van der Waals surface area contributed by atoms with Gasteiger partial charge < -0.3 is 4.90 Å². The van der Waals surface area contributed by atoms with Crippen LogP contribution < -0.4 is 9.62 Å². The van der Waals surface area contributed by atoms with E-state index in [0.717, 1.165) is 31.5 Å². The average molecular weight is 365 g/mol. The number of nitrogens with one attached hydrogen (secondary N) is 1. The van der Waals surface area contributed by atoms with Gasteiger partial charge in [0.15, 0.2) is 0 Å². The van der Waals surface area contributed by atoms with Gasteiger partial charge in [0.1, 0.15) is 0 Å². The highest BCUT2D eigenvalue weighted by atomic mass is 35.5. The van der Waals surface area contributed by atoms with E-state index in [9.17, 15) is 8.42 Å². The average Bonchev–Trinajstić information content (AvgIpc) is 2.97. The molecule has 0 saturated heterocycles. The summed E-state index contributed by atoms with van der Waals surface area (Å²) in [5.74, 6) is -0.0171. The highest BCUT2D eigenvalue weighted by molar-refractivity contribution is 7.88. The Labute approximate surface area is 148 Å². The summed E-state index contributed by atoms with van der Waals surface area (Å²) in [5, 5.41) is 0.606. The first-order chi connectivity index (χ1) is 11.5. The lowest BCUT2D eigenvalue weighted by molar-refractivity contribution is 0.577. The van der Waals surface area contributed by atoms with Crippen molar-refractivity contribution in [2.24, 2.45) is 0 Å². The number of para-hydroxylation sites is 1. The van der Waals surface area contributed by atoms with Crippen LogP contribution in [0.4, 0.5) is 5.69 Å². The Balaban J connectivity index is 1.45. The Kier molecular flexibility index (Phi) is 5.43. The molecule has 1 heterocycles. The van der Waals surface area contributed by atoms with Gasteiger partial charge in [-0.25, -0.2) is 13.1 Å². The molecule has 2 aromatic carbocycles. The van der Waals surface area contributed by atoms with E-state index in [2.05, 4.69) is 27.8 Å². The molecule has 0 unspecified atom stereocenters. The Morgan fingerprint density at radius 2 is 1.83 bits per heavy atom. The van der Waals surface area contributed by atoms with Crippen molar-refractivity contribution in [3.05, 3.63) is 64.7 Å². The van der Waals surface area contributed by atoms with Gasteiger partial charge in [-0.2, -0.15) is 0 Å². The molecule has 0 atom stereocenters. The Morgan fingerprint density at radius 1 is 1.08 bits per heavy atom. The topological polar surface area (TPSA) is 49.4 Å². The summed E-state index contributed by atoms with van der Waals surface area (Å²) in [6, 6.07) is 15.3. The maximum absolute atomic E-state index is 12.1. The van der Waals surface area contributed by atoms with Gasteiger partial charge >= 0.3 is 0 Å². The summed E-state index contributed by atoms with van der Waals surface area (Å²) in [5.41, 5.74) is 3.39. The van der Waals surface area contributed by atoms with Crippen molar-refractivity contribution in [2.75, 3.05) is 24.5 Å². The molecule has 0 bridgehead atoms. The van der Waals surface area contributed by atoms with Crippen molar-refractivity contribution in [1.29, 1.82) is 0 Å². The van der Waals surface area contributed by atoms with E-state index in [0.29, 0.717) is 11.6 Å². The van der Waals surface area contributed by atoms with Gasteiger partial charge in [-0.1, -0.05) is 41.9 Å². The molecule has 1 N–H and O–H groups in total. The van der Waals surface area contributed by atoms with Crippen LogP contribution in [0.15, 0.2) is 48.5 Å². The van der Waals surface area contributed by atoms with E-state index in [1.165, 1.54) is 11.3 Å². The number of nitrogens with zero attached hydrogens (tertiary/aromatic N) is 1. The highest BCUT2D eigenvalue weighted by Gasteiger charge is 2.18. The van der Waals surface area contributed by atoms with Crippen molar-refractivity contribution in [1.82, 2.24) is 4.72 Å². The minimum Gasteiger partial charge on any atom is -0.371 e. The maximum Gasteiger partial charge on any atom is 0.215 e. The third-order valence-electron chi connectivity index (χ3n) is 4.18. The Bertz CT molecular complexity index is 791. The summed E-state index contributed by atoms with van der Waals surface area (Å²) < 4.78 is 26.9. The summed E-state index contributed by atoms with van der Waals surface area (Å²) >= 11 is 5.81. The van der Waals surface area contributed by atoms with Crippen molar-refractivity contribution in [2.45, 2.75) is 18.6 Å². The fourth-order valence-corrected chi connectivity index (χ4v) is 4.30. The van der Waals surface area contributed by atoms with Gasteiger partial charge in [-0.3, -0.25) is 0 Å². The molecule has 0 radical (unpaired) electrons. The van der Waals surface area contributed by atoms with E-state index in [-0.39, 0.29) is 5.75 Å². The minimum atomic E-state index is -3.32. The molecule has 24 heavy (non-hydrogen) atoms. The van der Waals surface area contributed by atoms with Crippen LogP contribution >= 0.6 is 11.6 Å². The second-order valence-corrected chi connectivity index (χ2v) is 8.24. The van der Waals surface area contributed by atoms with Crippen LogP contribution in [0.2, 0.25) is 5.02 Å². The Morgan fingerprint density at radius 3 is 2.62 bits per heavy atom. The molecule has 2 aromatic rings. The van der Waals surface area contributed by atoms with Crippen LogP contribution in [0.25, 0.3) is 0 Å². The number of rotatable bonds is 7. The van der Waals surface area contributed by atoms with E-state index in [1.807, 2.05) is 6.07 Å². The van der Waals surface area contributed by atoms with Crippen LogP contribution in [0.5, 0.6) is 0 Å². The van der Waals surface area contributed by atoms with Crippen LogP contribution in [0.3, 0.4) is 0 Å². The molecule has 6 heteroatoms. The summed E-state index contributed by atoms with van der Waals surface area (Å²) in [7, 11) is -3.32. The van der Waals surface area contributed by atoms with Crippen molar-refractivity contribution < 1.29 is 8.42 Å². The SMILES string of the molecule is O=S(=O)(Cc1ccc(Cl)cc1)NCCCN1CCc2ccccc21. The van der Waals surface area contributed by atoms with Gasteiger partial charge in [-0.15, -0.1) is 0 Å². The van der Waals surface area contributed by atoms with Crippen molar-refractivity contribution >= 4 is 27.3 Å². The lowest BCUT2D eigenvalue weighted by Crippen LogP contribution is -2.30. The van der Waals surface area contributed by atoms with Crippen LogP contribution in [0.1, 0.15) is 17.5 Å². The molecule has 1 aliphatic rings. The molecule has 0 spiro atoms. The predicted octanol–water partition coefficient (Wildman–Crippen LogP) is 3.21. The van der Waals surface area contributed by atoms with Gasteiger partial charge in [0.25, 0.3) is 0 Å². The molecule has 128 valence electrons. The monoisotopic (exact) mass is 364 g/mol. The largest absolute Gasteiger partial charge is 0.371 e. The standard InChI is InChI=1S/C18H21ClN2O2S/c19-17-8-6-15(7-9-17)14-24(22,23)20-11-3-12-21-13-10-16-4-1-2-5-18(16)21/h1-2,4-9,20H,3,10-14H2. The van der Waals surface area contributed by atoms with Gasteiger partial charge in [0.05, 0.1) is 5.75 Å². The molecule has 3 rings (SSSR count). The summed E-state index contributed by atoms with van der Waals surface area (Å²) in [6.07, 6.45) is 1.85. The van der Waals surface area contributed by atoms with Crippen molar-refractivity contribution in [3.63, 3.8) is 0 Å². The number of hydrogen-bond donors (Lipinski definition) is 1. The van der Waals surface area contributed by atoms with Crippen LogP contribution in [-0.2, 0) is 22.2 Å². The fourth-order valence-electron chi connectivity index (χ4n) is 2.99. The number of halogens is 1. The number of benzene rings is 2. The molecular weight excluding hydrogens is 344 g/mol. The second kappa shape index (κ2) is 7.55. The van der Waals surface area contributed by atoms with Crippen LogP contribution in [0, 0.1) is 0 Å². The van der Waals surface area contributed by atoms with Crippen LogP contribution in [-0.4, -0.2) is 28.1 Å². The number of anilines is 1. The minimum absolute atomic E-state index is 0.0171. The van der Waals surface area contributed by atoms with Gasteiger partial charge in [-0.05, 0) is 42.2 Å². The predicted molar refractivity (Wildman–Crippen MR) is 99.1 cm³/mol. The number of fused-ring (bicyclic) bond motifs is 1. The normalized spacial score (nSPS) is 14.0. The summed E-state index contributed by atoms with van der Waals surface area (Å²) in [4.78, 5) is 2.32. The van der Waals surface area contributed by atoms with E-state index < -0.39 is 10.0 Å². The third-order valence-corrected chi connectivity index (χ3v) is 5.79. The van der Waals surface area contributed by atoms with E-state index >= 15 is 0 Å². The number of hydrogen-bond acceptors (Lipinski definition) is 3. The lowest BCUT2D eigenvalue weighted by Gasteiger charge is -2.19. The zero-order valence-electron chi connectivity index (χ0n) is 13.4. The fraction of sp³-hybridized carbons (Fsp3) is 0.333. The first-order valence-electron chi connectivity index (χ1n) is 8.08. The molecule has 0 fully saturated rings.